The highest BCUT2D eigenvalue weighted by Gasteiger charge is 1.96. The van der Waals surface area contributed by atoms with Gasteiger partial charge in [-0.1, -0.05) is 42.5 Å². The lowest BCUT2D eigenvalue weighted by atomic mass is 10.2. The Kier molecular flexibility index (Phi) is 3.71. The second-order valence-electron chi connectivity index (χ2n) is 3.47. The van der Waals surface area contributed by atoms with Gasteiger partial charge in [0.25, 0.3) is 0 Å². The van der Waals surface area contributed by atoms with Crippen molar-refractivity contribution in [1.82, 2.24) is 4.90 Å². The van der Waals surface area contributed by atoms with Crippen LogP contribution in [0, 0.1) is 0 Å². The molecule has 0 radical (unpaired) electrons. The normalized spacial score (nSPS) is 13.8. The van der Waals surface area contributed by atoms with E-state index >= 15 is 0 Å². The average molecular weight is 175 g/mol. The van der Waals surface area contributed by atoms with Crippen LogP contribution in [0.4, 0.5) is 0 Å². The van der Waals surface area contributed by atoms with E-state index in [1.165, 1.54) is 5.56 Å². The first kappa shape index (κ1) is 10.0. The van der Waals surface area contributed by atoms with E-state index in [4.69, 9.17) is 0 Å². The molecule has 0 N–H and O–H groups in total. The molecule has 70 valence electrons. The minimum absolute atomic E-state index is 0.486. The van der Waals surface area contributed by atoms with Gasteiger partial charge in [-0.15, -0.1) is 0 Å². The van der Waals surface area contributed by atoms with Crippen molar-refractivity contribution in [1.29, 1.82) is 0 Å². The van der Waals surface area contributed by atoms with Crippen LogP contribution in [0.25, 0.3) is 6.08 Å². The number of benzene rings is 1. The van der Waals surface area contributed by atoms with E-state index in [-0.39, 0.29) is 0 Å². The zero-order valence-electron chi connectivity index (χ0n) is 8.57. The molecule has 0 unspecified atom stereocenters. The molecule has 13 heavy (non-hydrogen) atoms. The Morgan fingerprint density at radius 2 is 1.77 bits per heavy atom. The fourth-order valence-corrected chi connectivity index (χ4v) is 0.987. The third-order valence-electron chi connectivity index (χ3n) is 2.18. The topological polar surface area (TPSA) is 3.24 Å². The SMILES string of the molecule is C[C@H](/C=C/c1ccccc1)N(C)C. The molecule has 1 nitrogen and oxygen atoms in total. The van der Waals surface area contributed by atoms with Crippen molar-refractivity contribution in [2.75, 3.05) is 14.1 Å². The van der Waals surface area contributed by atoms with Crippen LogP contribution in [0.15, 0.2) is 36.4 Å². The first-order valence-corrected chi connectivity index (χ1v) is 4.60. The Morgan fingerprint density at radius 1 is 1.15 bits per heavy atom. The van der Waals surface area contributed by atoms with Crippen molar-refractivity contribution < 1.29 is 0 Å². The molecular formula is C12H17N. The van der Waals surface area contributed by atoms with Crippen molar-refractivity contribution in [3.63, 3.8) is 0 Å². The van der Waals surface area contributed by atoms with E-state index in [0.29, 0.717) is 6.04 Å². The van der Waals surface area contributed by atoms with Crippen LogP contribution in [0.2, 0.25) is 0 Å². The zero-order valence-corrected chi connectivity index (χ0v) is 8.57. The maximum atomic E-state index is 2.20. The maximum absolute atomic E-state index is 2.20. The Hall–Kier alpha value is -1.08. The number of hydrogen-bond acceptors (Lipinski definition) is 1. The number of likely N-dealkylation sites (N-methyl/N-ethyl adjacent to an activating group) is 1. The van der Waals surface area contributed by atoms with Gasteiger partial charge in [-0.2, -0.15) is 0 Å². The maximum Gasteiger partial charge on any atom is 0.0247 e. The average Bonchev–Trinajstić information content (AvgIpc) is 2.15. The van der Waals surface area contributed by atoms with Gasteiger partial charge in [0.15, 0.2) is 0 Å². The molecule has 0 fully saturated rings. The summed E-state index contributed by atoms with van der Waals surface area (Å²) in [7, 11) is 4.17. The van der Waals surface area contributed by atoms with Crippen molar-refractivity contribution in [3.05, 3.63) is 42.0 Å². The molecule has 0 spiro atoms. The predicted octanol–water partition coefficient (Wildman–Crippen LogP) is 2.65. The standard InChI is InChI=1S/C12H17N/c1-11(13(2)3)9-10-12-7-5-4-6-8-12/h4-11H,1-3H3/b10-9+/t11-/m1/s1. The summed E-state index contributed by atoms with van der Waals surface area (Å²) in [5.41, 5.74) is 1.26. The van der Waals surface area contributed by atoms with Gasteiger partial charge in [-0.25, -0.2) is 0 Å². The highest BCUT2D eigenvalue weighted by atomic mass is 15.1. The molecule has 0 amide bonds. The van der Waals surface area contributed by atoms with E-state index in [2.05, 4.69) is 62.3 Å². The van der Waals surface area contributed by atoms with E-state index in [1.807, 2.05) is 6.07 Å². The smallest absolute Gasteiger partial charge is 0.0247 e. The molecule has 0 aromatic heterocycles. The van der Waals surface area contributed by atoms with Crippen LogP contribution < -0.4 is 0 Å². The van der Waals surface area contributed by atoms with Gasteiger partial charge in [0, 0.05) is 6.04 Å². The molecule has 0 heterocycles. The fourth-order valence-electron chi connectivity index (χ4n) is 0.987. The van der Waals surface area contributed by atoms with Gasteiger partial charge in [0.2, 0.25) is 0 Å². The number of nitrogens with zero attached hydrogens (tertiary/aromatic N) is 1. The molecular weight excluding hydrogens is 158 g/mol. The van der Waals surface area contributed by atoms with Crippen molar-refractivity contribution in [2.24, 2.45) is 0 Å². The van der Waals surface area contributed by atoms with Crippen LogP contribution in [-0.4, -0.2) is 25.0 Å². The van der Waals surface area contributed by atoms with Crippen molar-refractivity contribution in [2.45, 2.75) is 13.0 Å². The van der Waals surface area contributed by atoms with Gasteiger partial charge in [-0.05, 0) is 26.6 Å². The Bertz CT molecular complexity index is 262. The summed E-state index contributed by atoms with van der Waals surface area (Å²) < 4.78 is 0. The zero-order chi connectivity index (χ0) is 9.68. The highest BCUT2D eigenvalue weighted by molar-refractivity contribution is 5.49. The summed E-state index contributed by atoms with van der Waals surface area (Å²) >= 11 is 0. The molecule has 0 saturated carbocycles. The summed E-state index contributed by atoms with van der Waals surface area (Å²) in [4.78, 5) is 2.18. The molecule has 1 aromatic rings. The summed E-state index contributed by atoms with van der Waals surface area (Å²) in [5, 5.41) is 0. The largest absolute Gasteiger partial charge is 0.303 e. The lowest BCUT2D eigenvalue weighted by molar-refractivity contribution is 0.365. The highest BCUT2D eigenvalue weighted by Crippen LogP contribution is 2.03. The van der Waals surface area contributed by atoms with Crippen molar-refractivity contribution in [3.8, 4) is 0 Å². The van der Waals surface area contributed by atoms with E-state index in [1.54, 1.807) is 0 Å². The molecule has 1 heteroatoms. The molecule has 1 aromatic carbocycles. The van der Waals surface area contributed by atoms with Gasteiger partial charge in [0.1, 0.15) is 0 Å². The second-order valence-corrected chi connectivity index (χ2v) is 3.47. The lowest BCUT2D eigenvalue weighted by Crippen LogP contribution is -2.21. The van der Waals surface area contributed by atoms with E-state index in [0.717, 1.165) is 0 Å². The lowest BCUT2D eigenvalue weighted by Gasteiger charge is -2.14. The first-order valence-electron chi connectivity index (χ1n) is 4.60. The molecule has 1 atom stereocenters. The van der Waals surface area contributed by atoms with Crippen LogP contribution in [-0.2, 0) is 0 Å². The summed E-state index contributed by atoms with van der Waals surface area (Å²) in [6, 6.07) is 10.9. The van der Waals surface area contributed by atoms with Crippen LogP contribution in [0.3, 0.4) is 0 Å². The molecule has 0 aliphatic rings. The molecule has 1 rings (SSSR count). The summed E-state index contributed by atoms with van der Waals surface area (Å²) in [5.74, 6) is 0. The predicted molar refractivity (Wildman–Crippen MR) is 58.6 cm³/mol. The van der Waals surface area contributed by atoms with Gasteiger partial charge >= 0.3 is 0 Å². The molecule has 0 saturated heterocycles. The van der Waals surface area contributed by atoms with Gasteiger partial charge in [0.05, 0.1) is 0 Å². The monoisotopic (exact) mass is 175 g/mol. The van der Waals surface area contributed by atoms with Crippen LogP contribution >= 0.6 is 0 Å². The molecule has 0 aliphatic heterocycles. The summed E-state index contributed by atoms with van der Waals surface area (Å²) in [6.07, 6.45) is 4.36. The Balaban J connectivity index is 2.59. The quantitative estimate of drug-likeness (QED) is 0.682. The fraction of sp³-hybridized carbons (Fsp3) is 0.333. The molecule has 0 aliphatic carbocycles. The second kappa shape index (κ2) is 4.83. The Morgan fingerprint density at radius 3 is 2.31 bits per heavy atom. The third kappa shape index (κ3) is 3.43. The minimum atomic E-state index is 0.486. The van der Waals surface area contributed by atoms with Crippen molar-refractivity contribution >= 4 is 6.08 Å². The van der Waals surface area contributed by atoms with E-state index in [9.17, 15) is 0 Å². The third-order valence-corrected chi connectivity index (χ3v) is 2.18. The van der Waals surface area contributed by atoms with E-state index < -0.39 is 0 Å². The minimum Gasteiger partial charge on any atom is -0.303 e. The number of hydrogen-bond donors (Lipinski definition) is 0. The number of rotatable bonds is 3. The Labute approximate surface area is 80.7 Å². The van der Waals surface area contributed by atoms with Crippen LogP contribution in [0.1, 0.15) is 12.5 Å². The first-order chi connectivity index (χ1) is 6.20. The molecule has 0 bridgehead atoms. The van der Waals surface area contributed by atoms with Gasteiger partial charge < -0.3 is 4.90 Å². The van der Waals surface area contributed by atoms with Crippen LogP contribution in [0.5, 0.6) is 0 Å². The van der Waals surface area contributed by atoms with Gasteiger partial charge in [-0.3, -0.25) is 0 Å². The summed E-state index contributed by atoms with van der Waals surface area (Å²) in [6.45, 7) is 2.18.